The van der Waals surface area contributed by atoms with Crippen LogP contribution in [0, 0.1) is 0 Å². The fourth-order valence-electron chi connectivity index (χ4n) is 1.56. The van der Waals surface area contributed by atoms with Gasteiger partial charge in [0.15, 0.2) is 0 Å². The Morgan fingerprint density at radius 3 is 2.77 bits per heavy atom. The van der Waals surface area contributed by atoms with Gasteiger partial charge in [0.05, 0.1) is 6.21 Å². The van der Waals surface area contributed by atoms with Crippen molar-refractivity contribution in [1.29, 1.82) is 0 Å². The number of hydrogen-bond acceptors (Lipinski definition) is 4. The molecule has 0 spiro atoms. The maximum atomic E-state index is 6.18. The number of nitrogens with zero attached hydrogens (tertiary/aromatic N) is 1. The largest absolute Gasteiger partial charge is 0.390 e. The highest BCUT2D eigenvalue weighted by molar-refractivity contribution is 7.81. The molecule has 1 aromatic carbocycles. The molecule has 2 rings (SSSR count). The van der Waals surface area contributed by atoms with Crippen molar-refractivity contribution in [3.8, 4) is 0 Å². The van der Waals surface area contributed by atoms with E-state index in [-0.39, 0.29) is 5.60 Å². The fraction of sp³-hybridized carbons (Fsp3) is 0.250. The average Bonchev–Trinajstić information content (AvgIpc) is 2.95. The van der Waals surface area contributed by atoms with Crippen LogP contribution in [0.2, 0.25) is 5.02 Å². The van der Waals surface area contributed by atoms with Crippen molar-refractivity contribution >= 4 is 52.0 Å². The number of hydrogen-bond donors (Lipinski definition) is 1. The molecule has 1 N–H and O–H groups in total. The normalized spacial score (nSPS) is 11.6. The number of rotatable bonds is 4. The van der Waals surface area contributed by atoms with E-state index in [9.17, 15) is 0 Å². The van der Waals surface area contributed by atoms with Crippen molar-refractivity contribution in [1.82, 2.24) is 0 Å². The predicted molar refractivity (Wildman–Crippen MR) is 99.5 cm³/mol. The summed E-state index contributed by atoms with van der Waals surface area (Å²) in [5.74, 6) is 0. The summed E-state index contributed by atoms with van der Waals surface area (Å²) in [7, 11) is 0. The van der Waals surface area contributed by atoms with Crippen LogP contribution in [0.15, 0.2) is 40.2 Å². The van der Waals surface area contributed by atoms with Crippen LogP contribution < -0.4 is 5.32 Å². The Hall–Kier alpha value is -1.43. The first-order valence-electron chi connectivity index (χ1n) is 6.70. The SMILES string of the molecule is CC(C)(C)ON=Cc1cc(NC(=S)c2ccsc2)ccc1Cl. The second kappa shape index (κ2) is 7.22. The van der Waals surface area contributed by atoms with E-state index in [1.165, 1.54) is 0 Å². The third-order valence-corrected chi connectivity index (χ3v) is 3.92. The summed E-state index contributed by atoms with van der Waals surface area (Å²) in [5.41, 5.74) is 2.29. The zero-order valence-electron chi connectivity index (χ0n) is 12.6. The van der Waals surface area contributed by atoms with Gasteiger partial charge in [0, 0.05) is 27.2 Å². The Labute approximate surface area is 144 Å². The molecule has 116 valence electrons. The molecule has 0 saturated heterocycles. The van der Waals surface area contributed by atoms with Crippen molar-refractivity contribution in [2.24, 2.45) is 5.16 Å². The van der Waals surface area contributed by atoms with E-state index < -0.39 is 0 Å². The summed E-state index contributed by atoms with van der Waals surface area (Å²) in [6, 6.07) is 7.55. The van der Waals surface area contributed by atoms with E-state index in [0.717, 1.165) is 16.8 Å². The molecule has 0 aliphatic carbocycles. The first kappa shape index (κ1) is 16.9. The van der Waals surface area contributed by atoms with Gasteiger partial charge >= 0.3 is 0 Å². The molecule has 6 heteroatoms. The molecule has 22 heavy (non-hydrogen) atoms. The van der Waals surface area contributed by atoms with E-state index in [2.05, 4.69) is 10.5 Å². The molecule has 3 nitrogen and oxygen atoms in total. The summed E-state index contributed by atoms with van der Waals surface area (Å²) in [6.07, 6.45) is 1.60. The topological polar surface area (TPSA) is 33.6 Å². The van der Waals surface area contributed by atoms with Crippen LogP contribution in [0.1, 0.15) is 31.9 Å². The second-order valence-corrected chi connectivity index (χ2v) is 7.24. The predicted octanol–water partition coefficient (Wildman–Crippen LogP) is 5.34. The first-order chi connectivity index (χ1) is 10.3. The molecule has 0 amide bonds. The highest BCUT2D eigenvalue weighted by atomic mass is 35.5. The van der Waals surface area contributed by atoms with Gasteiger partial charge < -0.3 is 10.2 Å². The van der Waals surface area contributed by atoms with Gasteiger partial charge in [-0.15, -0.1) is 0 Å². The molecule has 0 atom stereocenters. The molecule has 0 radical (unpaired) electrons. The van der Waals surface area contributed by atoms with E-state index >= 15 is 0 Å². The molecule has 1 heterocycles. The van der Waals surface area contributed by atoms with Crippen molar-refractivity contribution in [3.63, 3.8) is 0 Å². The monoisotopic (exact) mass is 352 g/mol. The minimum Gasteiger partial charge on any atom is -0.390 e. The van der Waals surface area contributed by atoms with Crippen molar-refractivity contribution in [3.05, 3.63) is 51.2 Å². The standard InChI is InChI=1S/C16H17ClN2OS2/c1-16(2,3)20-18-9-12-8-13(4-5-14(12)17)19-15(21)11-6-7-22-10-11/h4-10H,1-3H3,(H,19,21). The van der Waals surface area contributed by atoms with Crippen LogP contribution in [-0.2, 0) is 4.84 Å². The molecule has 1 aromatic heterocycles. The first-order valence-corrected chi connectivity index (χ1v) is 8.43. The number of nitrogens with one attached hydrogen (secondary N) is 1. The van der Waals surface area contributed by atoms with Crippen LogP contribution >= 0.6 is 35.2 Å². The van der Waals surface area contributed by atoms with E-state index in [0.29, 0.717) is 10.0 Å². The van der Waals surface area contributed by atoms with Gasteiger partial charge in [-0.05, 0) is 50.4 Å². The summed E-state index contributed by atoms with van der Waals surface area (Å²) >= 11 is 13.2. The second-order valence-electron chi connectivity index (χ2n) is 5.64. The maximum absolute atomic E-state index is 6.18. The number of oxime groups is 1. The van der Waals surface area contributed by atoms with Gasteiger partial charge in [-0.3, -0.25) is 0 Å². The smallest absolute Gasteiger partial charge is 0.129 e. The van der Waals surface area contributed by atoms with Gasteiger partial charge in [0.2, 0.25) is 0 Å². The minimum atomic E-state index is -0.334. The summed E-state index contributed by atoms with van der Waals surface area (Å²) in [5, 5.41) is 11.8. The van der Waals surface area contributed by atoms with Crippen LogP contribution in [0.4, 0.5) is 5.69 Å². The number of halogens is 1. The lowest BCUT2D eigenvalue weighted by Gasteiger charge is -2.15. The third-order valence-electron chi connectivity index (χ3n) is 2.56. The highest BCUT2D eigenvalue weighted by Gasteiger charge is 2.10. The Kier molecular flexibility index (Phi) is 5.56. The number of anilines is 1. The van der Waals surface area contributed by atoms with Gasteiger partial charge in [0.1, 0.15) is 10.6 Å². The van der Waals surface area contributed by atoms with Crippen molar-refractivity contribution in [2.75, 3.05) is 5.32 Å². The molecular weight excluding hydrogens is 336 g/mol. The molecule has 2 aromatic rings. The lowest BCUT2D eigenvalue weighted by Crippen LogP contribution is -2.15. The van der Waals surface area contributed by atoms with Gasteiger partial charge in [-0.25, -0.2) is 0 Å². The maximum Gasteiger partial charge on any atom is 0.129 e. The molecule has 0 fully saturated rings. The highest BCUT2D eigenvalue weighted by Crippen LogP contribution is 2.20. The number of thiophene rings is 1. The average molecular weight is 353 g/mol. The Morgan fingerprint density at radius 2 is 2.14 bits per heavy atom. The molecule has 0 bridgehead atoms. The van der Waals surface area contributed by atoms with Crippen molar-refractivity contribution in [2.45, 2.75) is 26.4 Å². The Balaban J connectivity index is 2.11. The van der Waals surface area contributed by atoms with E-state index in [1.807, 2.05) is 49.7 Å². The molecule has 0 unspecified atom stereocenters. The number of thiocarbonyl (C=S) groups is 1. The van der Waals surface area contributed by atoms with Gasteiger partial charge in [-0.2, -0.15) is 11.3 Å². The fourth-order valence-corrected chi connectivity index (χ4v) is 2.69. The van der Waals surface area contributed by atoms with Gasteiger partial charge in [0.25, 0.3) is 0 Å². The number of benzene rings is 1. The Bertz CT molecular complexity index is 676. The lowest BCUT2D eigenvalue weighted by molar-refractivity contribution is 0.00199. The third kappa shape index (κ3) is 5.09. The quantitative estimate of drug-likeness (QED) is 0.458. The Morgan fingerprint density at radius 1 is 1.36 bits per heavy atom. The van der Waals surface area contributed by atoms with Crippen LogP contribution in [0.5, 0.6) is 0 Å². The molecular formula is C16H17ClN2OS2. The van der Waals surface area contributed by atoms with Crippen LogP contribution in [0.3, 0.4) is 0 Å². The van der Waals surface area contributed by atoms with E-state index in [1.54, 1.807) is 23.6 Å². The zero-order chi connectivity index (χ0) is 16.2. The van der Waals surface area contributed by atoms with Crippen LogP contribution in [-0.4, -0.2) is 16.8 Å². The zero-order valence-corrected chi connectivity index (χ0v) is 15.0. The van der Waals surface area contributed by atoms with E-state index in [4.69, 9.17) is 28.7 Å². The summed E-state index contributed by atoms with van der Waals surface area (Å²) in [4.78, 5) is 6.01. The molecule has 0 aliphatic heterocycles. The lowest BCUT2D eigenvalue weighted by atomic mass is 10.2. The van der Waals surface area contributed by atoms with Crippen molar-refractivity contribution < 1.29 is 4.84 Å². The van der Waals surface area contributed by atoms with Crippen LogP contribution in [0.25, 0.3) is 0 Å². The molecule has 0 saturated carbocycles. The molecule has 0 aliphatic rings. The summed E-state index contributed by atoms with van der Waals surface area (Å²) < 4.78 is 0. The minimum absolute atomic E-state index is 0.334. The van der Waals surface area contributed by atoms with Gasteiger partial charge in [-0.1, -0.05) is 29.0 Å². The summed E-state index contributed by atoms with van der Waals surface area (Å²) in [6.45, 7) is 5.80.